The fourth-order valence-corrected chi connectivity index (χ4v) is 3.84. The minimum absolute atomic E-state index is 0.0737. The molecule has 0 saturated carbocycles. The summed E-state index contributed by atoms with van der Waals surface area (Å²) in [6.45, 7) is 6.75. The zero-order chi connectivity index (χ0) is 17.4. The van der Waals surface area contributed by atoms with Crippen molar-refractivity contribution in [3.05, 3.63) is 46.3 Å². The van der Waals surface area contributed by atoms with Gasteiger partial charge in [0.05, 0.1) is 16.2 Å². The van der Waals surface area contributed by atoms with Crippen molar-refractivity contribution < 1.29 is 22.8 Å². The number of nitrogens with zero attached hydrogens (tertiary/aromatic N) is 1. The van der Waals surface area contributed by atoms with Gasteiger partial charge in [0.25, 0.3) is 0 Å². The fourth-order valence-electron chi connectivity index (χ4n) is 2.49. The lowest BCUT2D eigenvalue weighted by Crippen LogP contribution is -2.27. The van der Waals surface area contributed by atoms with Crippen molar-refractivity contribution in [2.75, 3.05) is 0 Å². The van der Waals surface area contributed by atoms with Gasteiger partial charge in [-0.3, -0.25) is 0 Å². The van der Waals surface area contributed by atoms with Crippen LogP contribution < -0.4 is 4.72 Å². The summed E-state index contributed by atoms with van der Waals surface area (Å²) in [4.78, 5) is 11.0. The second-order valence-electron chi connectivity index (χ2n) is 5.42. The minimum Gasteiger partial charge on any atom is -0.478 e. The fraction of sp³-hybridized carbons (Fsp3) is 0.333. The van der Waals surface area contributed by atoms with Crippen molar-refractivity contribution in [2.24, 2.45) is 0 Å². The molecule has 0 aliphatic heterocycles. The van der Waals surface area contributed by atoms with Crippen LogP contribution in [0.15, 0.2) is 27.6 Å². The molecule has 0 aliphatic carbocycles. The van der Waals surface area contributed by atoms with Crippen molar-refractivity contribution >= 4 is 16.0 Å². The summed E-state index contributed by atoms with van der Waals surface area (Å²) in [7, 11) is -3.88. The Balaban J connectivity index is 2.38. The number of sulfonamides is 1. The number of carboxylic acids is 1. The van der Waals surface area contributed by atoms with Crippen LogP contribution in [0.2, 0.25) is 0 Å². The summed E-state index contributed by atoms with van der Waals surface area (Å²) in [5.41, 5.74) is 1.75. The third-order valence-electron chi connectivity index (χ3n) is 3.46. The SMILES string of the molecule is Cc1cc(C(=O)O)cc(S(=O)(=O)NC(C)c2c(C)noc2C)c1. The van der Waals surface area contributed by atoms with Crippen LogP contribution in [0.3, 0.4) is 0 Å². The van der Waals surface area contributed by atoms with Crippen LogP contribution in [0, 0.1) is 20.8 Å². The zero-order valence-corrected chi connectivity index (χ0v) is 14.1. The molecule has 124 valence electrons. The molecule has 23 heavy (non-hydrogen) atoms. The van der Waals surface area contributed by atoms with Crippen molar-refractivity contribution in [2.45, 2.75) is 38.6 Å². The van der Waals surface area contributed by atoms with Gasteiger partial charge in [-0.2, -0.15) is 0 Å². The standard InChI is InChI=1S/C15H18N2O5S/c1-8-5-12(15(18)19)7-13(6-8)23(20,21)17-10(3)14-9(2)16-22-11(14)4/h5-7,10,17H,1-4H3,(H,18,19). The average molecular weight is 338 g/mol. The van der Waals surface area contributed by atoms with Crippen LogP contribution >= 0.6 is 0 Å². The van der Waals surface area contributed by atoms with Crippen LogP contribution in [0.25, 0.3) is 0 Å². The number of carboxylic acid groups (broad SMARTS) is 1. The van der Waals surface area contributed by atoms with Crippen molar-refractivity contribution in [3.63, 3.8) is 0 Å². The summed E-state index contributed by atoms with van der Waals surface area (Å²) in [5.74, 6) is -0.642. The van der Waals surface area contributed by atoms with E-state index >= 15 is 0 Å². The van der Waals surface area contributed by atoms with Gasteiger partial charge in [0.15, 0.2) is 0 Å². The number of aromatic nitrogens is 1. The molecule has 0 bridgehead atoms. The van der Waals surface area contributed by atoms with E-state index in [1.165, 1.54) is 12.1 Å². The van der Waals surface area contributed by atoms with Gasteiger partial charge in [-0.25, -0.2) is 17.9 Å². The van der Waals surface area contributed by atoms with Gasteiger partial charge in [-0.15, -0.1) is 0 Å². The smallest absolute Gasteiger partial charge is 0.335 e. The minimum atomic E-state index is -3.88. The van der Waals surface area contributed by atoms with E-state index in [-0.39, 0.29) is 10.5 Å². The highest BCUT2D eigenvalue weighted by atomic mass is 32.2. The van der Waals surface area contributed by atoms with E-state index in [4.69, 9.17) is 9.63 Å². The first kappa shape index (κ1) is 17.2. The normalized spacial score (nSPS) is 13.0. The first-order valence-corrected chi connectivity index (χ1v) is 8.40. The maximum Gasteiger partial charge on any atom is 0.335 e. The first-order valence-electron chi connectivity index (χ1n) is 6.92. The van der Waals surface area contributed by atoms with Gasteiger partial charge < -0.3 is 9.63 Å². The molecule has 0 spiro atoms. The predicted molar refractivity (Wildman–Crippen MR) is 82.9 cm³/mol. The molecule has 1 heterocycles. The van der Waals surface area contributed by atoms with E-state index in [1.807, 2.05) is 0 Å². The molecular formula is C15H18N2O5S. The molecule has 1 aromatic carbocycles. The molecule has 2 N–H and O–H groups in total. The highest BCUT2D eigenvalue weighted by molar-refractivity contribution is 7.89. The summed E-state index contributed by atoms with van der Waals surface area (Å²) in [6.07, 6.45) is 0. The van der Waals surface area contributed by atoms with Crippen molar-refractivity contribution in [1.82, 2.24) is 9.88 Å². The zero-order valence-electron chi connectivity index (χ0n) is 13.2. The number of benzene rings is 1. The Hall–Kier alpha value is -2.19. The number of nitrogens with one attached hydrogen (secondary N) is 1. The summed E-state index contributed by atoms with van der Waals surface area (Å²) < 4.78 is 32.6. The van der Waals surface area contributed by atoms with Crippen molar-refractivity contribution in [1.29, 1.82) is 0 Å². The molecule has 0 radical (unpaired) electrons. The Morgan fingerprint density at radius 2 is 1.91 bits per heavy atom. The number of rotatable bonds is 5. The van der Waals surface area contributed by atoms with Gasteiger partial charge in [0.2, 0.25) is 10.0 Å². The molecule has 2 aromatic rings. The lowest BCUT2D eigenvalue weighted by Gasteiger charge is -2.15. The highest BCUT2D eigenvalue weighted by Crippen LogP contribution is 2.24. The number of hydrogen-bond acceptors (Lipinski definition) is 5. The van der Waals surface area contributed by atoms with E-state index in [9.17, 15) is 13.2 Å². The third kappa shape index (κ3) is 3.59. The average Bonchev–Trinajstić information content (AvgIpc) is 2.76. The Bertz CT molecular complexity index is 835. The van der Waals surface area contributed by atoms with Crippen LogP contribution in [-0.4, -0.2) is 24.7 Å². The third-order valence-corrected chi connectivity index (χ3v) is 4.98. The number of aromatic carboxylic acids is 1. The van der Waals surface area contributed by atoms with Gasteiger partial charge in [-0.05, 0) is 51.5 Å². The molecular weight excluding hydrogens is 320 g/mol. The Morgan fingerprint density at radius 1 is 1.26 bits per heavy atom. The second-order valence-corrected chi connectivity index (χ2v) is 7.13. The summed E-state index contributed by atoms with van der Waals surface area (Å²) >= 11 is 0. The van der Waals surface area contributed by atoms with Crippen LogP contribution in [-0.2, 0) is 10.0 Å². The molecule has 0 aliphatic rings. The molecule has 2 rings (SSSR count). The van der Waals surface area contributed by atoms with Crippen LogP contribution in [0.4, 0.5) is 0 Å². The monoisotopic (exact) mass is 338 g/mol. The number of aryl methyl sites for hydroxylation is 3. The molecule has 8 heteroatoms. The first-order chi connectivity index (χ1) is 10.6. The summed E-state index contributed by atoms with van der Waals surface area (Å²) in [6, 6.07) is 3.42. The maximum atomic E-state index is 12.5. The van der Waals surface area contributed by atoms with E-state index in [1.54, 1.807) is 27.7 Å². The van der Waals surface area contributed by atoms with Gasteiger partial charge in [-0.1, -0.05) is 5.16 Å². The molecule has 1 aromatic heterocycles. The van der Waals surface area contributed by atoms with E-state index in [2.05, 4.69) is 9.88 Å². The molecule has 7 nitrogen and oxygen atoms in total. The summed E-state index contributed by atoms with van der Waals surface area (Å²) in [5, 5.41) is 12.9. The van der Waals surface area contributed by atoms with Gasteiger partial charge in [0, 0.05) is 11.6 Å². The highest BCUT2D eigenvalue weighted by Gasteiger charge is 2.24. The van der Waals surface area contributed by atoms with Crippen LogP contribution in [0.1, 0.15) is 45.9 Å². The number of carbonyl (C=O) groups is 1. The van der Waals surface area contributed by atoms with Crippen molar-refractivity contribution in [3.8, 4) is 0 Å². The van der Waals surface area contributed by atoms with Gasteiger partial charge >= 0.3 is 5.97 Å². The topological polar surface area (TPSA) is 110 Å². The van der Waals surface area contributed by atoms with E-state index in [0.717, 1.165) is 6.07 Å². The number of hydrogen-bond donors (Lipinski definition) is 2. The van der Waals surface area contributed by atoms with E-state index in [0.29, 0.717) is 22.6 Å². The second kappa shape index (κ2) is 6.13. The lowest BCUT2D eigenvalue weighted by molar-refractivity contribution is 0.0696. The van der Waals surface area contributed by atoms with E-state index < -0.39 is 22.0 Å². The quantitative estimate of drug-likeness (QED) is 0.866. The lowest BCUT2D eigenvalue weighted by atomic mass is 10.1. The largest absolute Gasteiger partial charge is 0.478 e. The maximum absolute atomic E-state index is 12.5. The molecule has 1 atom stereocenters. The molecule has 0 saturated heterocycles. The predicted octanol–water partition coefficient (Wildman–Crippen LogP) is 2.34. The Labute approximate surface area is 134 Å². The van der Waals surface area contributed by atoms with Crippen LogP contribution in [0.5, 0.6) is 0 Å². The molecule has 0 amide bonds. The Morgan fingerprint density at radius 3 is 2.43 bits per heavy atom. The molecule has 1 unspecified atom stereocenters. The molecule has 0 fully saturated rings. The Kier molecular flexibility index (Phi) is 4.58. The van der Waals surface area contributed by atoms with Gasteiger partial charge in [0.1, 0.15) is 5.76 Å².